The second kappa shape index (κ2) is 8.79. The Kier molecular flexibility index (Phi) is 6.67. The van der Waals surface area contributed by atoms with Gasteiger partial charge in [-0.3, -0.25) is 0 Å². The molecular formula is C20H24ClNO2S2. The van der Waals surface area contributed by atoms with Crippen molar-refractivity contribution in [2.75, 3.05) is 18.8 Å². The number of halogens is 1. The SMILES string of the molecule is CCCc1ccc(S(=O)(=O)N2CCSC(c3ccccc3Cl)CC2)cc1. The van der Waals surface area contributed by atoms with Crippen LogP contribution >= 0.6 is 23.4 Å². The van der Waals surface area contributed by atoms with Crippen LogP contribution in [0.25, 0.3) is 0 Å². The van der Waals surface area contributed by atoms with Crippen molar-refractivity contribution in [1.82, 2.24) is 4.31 Å². The molecule has 0 saturated carbocycles. The Hall–Kier alpha value is -1.01. The van der Waals surface area contributed by atoms with E-state index in [4.69, 9.17) is 11.6 Å². The predicted octanol–water partition coefficient (Wildman–Crippen LogP) is 5.16. The first kappa shape index (κ1) is 19.7. The minimum Gasteiger partial charge on any atom is -0.207 e. The van der Waals surface area contributed by atoms with Gasteiger partial charge in [0.15, 0.2) is 0 Å². The van der Waals surface area contributed by atoms with Crippen molar-refractivity contribution in [3.63, 3.8) is 0 Å². The van der Waals surface area contributed by atoms with Gasteiger partial charge in [-0.1, -0.05) is 55.3 Å². The lowest BCUT2D eigenvalue weighted by Gasteiger charge is -2.20. The summed E-state index contributed by atoms with van der Waals surface area (Å²) in [5.74, 6) is 0.767. The lowest BCUT2D eigenvalue weighted by Crippen LogP contribution is -2.33. The highest BCUT2D eigenvalue weighted by molar-refractivity contribution is 7.99. The summed E-state index contributed by atoms with van der Waals surface area (Å²) in [6.07, 6.45) is 2.79. The van der Waals surface area contributed by atoms with Crippen molar-refractivity contribution >= 4 is 33.4 Å². The van der Waals surface area contributed by atoms with Crippen molar-refractivity contribution in [3.05, 3.63) is 64.7 Å². The summed E-state index contributed by atoms with van der Waals surface area (Å²) in [6.45, 7) is 3.17. The van der Waals surface area contributed by atoms with E-state index >= 15 is 0 Å². The summed E-state index contributed by atoms with van der Waals surface area (Å²) < 4.78 is 27.6. The molecule has 0 amide bonds. The maximum Gasteiger partial charge on any atom is 0.243 e. The Bertz CT molecular complexity index is 837. The molecule has 6 heteroatoms. The Morgan fingerprint density at radius 2 is 1.85 bits per heavy atom. The molecule has 1 atom stereocenters. The van der Waals surface area contributed by atoms with E-state index in [1.165, 1.54) is 5.56 Å². The third-order valence-corrected chi connectivity index (χ3v) is 8.22. The normalized spacial score (nSPS) is 19.2. The first-order valence-electron chi connectivity index (χ1n) is 8.97. The number of hydrogen-bond acceptors (Lipinski definition) is 3. The molecule has 1 aliphatic rings. The van der Waals surface area contributed by atoms with Gasteiger partial charge in [0.1, 0.15) is 0 Å². The summed E-state index contributed by atoms with van der Waals surface area (Å²) in [5, 5.41) is 0.989. The van der Waals surface area contributed by atoms with Crippen molar-refractivity contribution in [3.8, 4) is 0 Å². The van der Waals surface area contributed by atoms with Gasteiger partial charge in [0.25, 0.3) is 0 Å². The van der Waals surface area contributed by atoms with Crippen LogP contribution in [-0.4, -0.2) is 31.6 Å². The molecule has 0 N–H and O–H groups in total. The molecule has 2 aromatic carbocycles. The van der Waals surface area contributed by atoms with E-state index in [1.807, 2.05) is 36.4 Å². The minimum atomic E-state index is -3.45. The summed E-state index contributed by atoms with van der Waals surface area (Å²) in [7, 11) is -3.45. The lowest BCUT2D eigenvalue weighted by molar-refractivity contribution is 0.428. The third-order valence-electron chi connectivity index (χ3n) is 4.65. The van der Waals surface area contributed by atoms with Crippen LogP contribution in [0.15, 0.2) is 53.4 Å². The van der Waals surface area contributed by atoms with Crippen LogP contribution in [0.1, 0.15) is 36.1 Å². The van der Waals surface area contributed by atoms with Crippen molar-refractivity contribution in [1.29, 1.82) is 0 Å². The lowest BCUT2D eigenvalue weighted by atomic mass is 10.1. The van der Waals surface area contributed by atoms with Crippen molar-refractivity contribution < 1.29 is 8.42 Å². The molecule has 1 heterocycles. The molecule has 0 radical (unpaired) electrons. The first-order chi connectivity index (χ1) is 12.5. The number of aryl methyl sites for hydroxylation is 1. The van der Waals surface area contributed by atoms with Crippen molar-refractivity contribution in [2.24, 2.45) is 0 Å². The number of sulfonamides is 1. The summed E-state index contributed by atoms with van der Waals surface area (Å²) >= 11 is 8.11. The molecule has 3 nitrogen and oxygen atoms in total. The van der Waals surface area contributed by atoms with Crippen LogP contribution < -0.4 is 0 Å². The fraction of sp³-hybridized carbons (Fsp3) is 0.400. The van der Waals surface area contributed by atoms with Gasteiger partial charge in [-0.15, -0.1) is 0 Å². The second-order valence-corrected chi connectivity index (χ2v) is 10.1. The molecule has 1 fully saturated rings. The summed E-state index contributed by atoms with van der Waals surface area (Å²) in [5.41, 5.74) is 2.28. The molecular weight excluding hydrogens is 386 g/mol. The standard InChI is InChI=1S/C20H24ClNO2S2/c1-2-5-16-8-10-17(11-9-16)26(23,24)22-13-12-20(25-15-14-22)18-6-3-4-7-19(18)21/h3-4,6-11,20H,2,5,12-15H2,1H3. The monoisotopic (exact) mass is 409 g/mol. The third kappa shape index (κ3) is 4.45. The van der Waals surface area contributed by atoms with Crippen LogP contribution in [0.4, 0.5) is 0 Å². The zero-order valence-electron chi connectivity index (χ0n) is 14.9. The van der Waals surface area contributed by atoms with E-state index in [2.05, 4.69) is 6.92 Å². The first-order valence-corrected chi connectivity index (χ1v) is 11.8. The van der Waals surface area contributed by atoms with Crippen LogP contribution in [0.3, 0.4) is 0 Å². The van der Waals surface area contributed by atoms with Crippen LogP contribution in [-0.2, 0) is 16.4 Å². The van der Waals surface area contributed by atoms with Gasteiger partial charge in [0, 0.05) is 29.1 Å². The van der Waals surface area contributed by atoms with Gasteiger partial charge in [-0.25, -0.2) is 8.42 Å². The zero-order valence-corrected chi connectivity index (χ0v) is 17.3. The number of benzene rings is 2. The zero-order chi connectivity index (χ0) is 18.6. The Morgan fingerprint density at radius 3 is 2.54 bits per heavy atom. The molecule has 0 bridgehead atoms. The van der Waals surface area contributed by atoms with E-state index in [0.29, 0.717) is 18.0 Å². The Labute approximate surface area is 165 Å². The molecule has 0 aliphatic carbocycles. The predicted molar refractivity (Wildman–Crippen MR) is 110 cm³/mol. The molecule has 1 unspecified atom stereocenters. The average molecular weight is 410 g/mol. The topological polar surface area (TPSA) is 37.4 Å². The van der Waals surface area contributed by atoms with E-state index in [-0.39, 0.29) is 5.25 Å². The summed E-state index contributed by atoms with van der Waals surface area (Å²) in [6, 6.07) is 15.2. The molecule has 26 heavy (non-hydrogen) atoms. The molecule has 1 saturated heterocycles. The van der Waals surface area contributed by atoms with Gasteiger partial charge in [0.2, 0.25) is 10.0 Å². The number of thioether (sulfide) groups is 1. The van der Waals surface area contributed by atoms with Crippen LogP contribution in [0.5, 0.6) is 0 Å². The van der Waals surface area contributed by atoms with E-state index in [1.54, 1.807) is 28.2 Å². The fourth-order valence-electron chi connectivity index (χ4n) is 3.24. The van der Waals surface area contributed by atoms with E-state index in [0.717, 1.165) is 35.6 Å². The van der Waals surface area contributed by atoms with Gasteiger partial charge in [-0.2, -0.15) is 16.1 Å². The molecule has 3 rings (SSSR count). The molecule has 0 spiro atoms. The minimum absolute atomic E-state index is 0.232. The summed E-state index contributed by atoms with van der Waals surface area (Å²) in [4.78, 5) is 0.388. The van der Waals surface area contributed by atoms with E-state index in [9.17, 15) is 8.42 Å². The van der Waals surface area contributed by atoms with Crippen molar-refractivity contribution in [2.45, 2.75) is 36.3 Å². The van der Waals surface area contributed by atoms with Crippen LogP contribution in [0, 0.1) is 0 Å². The highest BCUT2D eigenvalue weighted by Crippen LogP contribution is 2.38. The maximum atomic E-state index is 13.0. The molecule has 2 aromatic rings. The second-order valence-electron chi connectivity index (χ2n) is 6.47. The quantitative estimate of drug-likeness (QED) is 0.684. The molecule has 140 valence electrons. The highest BCUT2D eigenvalue weighted by Gasteiger charge is 2.28. The largest absolute Gasteiger partial charge is 0.243 e. The molecule has 0 aromatic heterocycles. The Morgan fingerprint density at radius 1 is 1.12 bits per heavy atom. The van der Waals surface area contributed by atoms with Gasteiger partial charge in [-0.05, 0) is 42.2 Å². The number of rotatable bonds is 5. The van der Waals surface area contributed by atoms with Crippen LogP contribution in [0.2, 0.25) is 5.02 Å². The number of hydrogen-bond donors (Lipinski definition) is 0. The molecule has 1 aliphatic heterocycles. The number of nitrogens with zero attached hydrogens (tertiary/aromatic N) is 1. The fourth-order valence-corrected chi connectivity index (χ4v) is 6.41. The van der Waals surface area contributed by atoms with Gasteiger partial charge < -0.3 is 0 Å². The van der Waals surface area contributed by atoms with Gasteiger partial charge >= 0.3 is 0 Å². The van der Waals surface area contributed by atoms with E-state index < -0.39 is 10.0 Å². The maximum absolute atomic E-state index is 13.0. The highest BCUT2D eigenvalue weighted by atomic mass is 35.5. The smallest absolute Gasteiger partial charge is 0.207 e. The average Bonchev–Trinajstić information content (AvgIpc) is 2.89. The van der Waals surface area contributed by atoms with Gasteiger partial charge in [0.05, 0.1) is 4.90 Å². The Balaban J connectivity index is 1.74.